The quantitative estimate of drug-likeness (QED) is 0.756. The maximum absolute atomic E-state index is 12.9. The fraction of sp³-hybridized carbons (Fsp3) is 0.348. The summed E-state index contributed by atoms with van der Waals surface area (Å²) in [6.45, 7) is 3.33. The molecule has 0 saturated carbocycles. The highest BCUT2D eigenvalue weighted by atomic mass is 16.5. The molecule has 3 rings (SSSR count). The summed E-state index contributed by atoms with van der Waals surface area (Å²) < 4.78 is 24.1. The summed E-state index contributed by atoms with van der Waals surface area (Å²) in [6.07, 6.45) is 1.10. The molecule has 0 heterocycles. The SMILES string of the molecule is [2H]NC(=O)c1ccc2c(cc1=O)C(NC(C)=O)CCc1c(C)c(OC)c(OC)c(OC)c1-2. The van der Waals surface area contributed by atoms with Crippen LogP contribution in [-0.4, -0.2) is 33.1 Å². The summed E-state index contributed by atoms with van der Waals surface area (Å²) in [7, 11) is 4.59. The van der Waals surface area contributed by atoms with Gasteiger partial charge < -0.3 is 25.3 Å². The van der Waals surface area contributed by atoms with Crippen LogP contribution in [0.25, 0.3) is 11.1 Å². The normalized spacial score (nSPS) is 14.9. The molecule has 31 heavy (non-hydrogen) atoms. The lowest BCUT2D eigenvalue weighted by Gasteiger charge is -2.22. The van der Waals surface area contributed by atoms with Crippen LogP contribution in [0.1, 0.15) is 46.4 Å². The molecule has 1 unspecified atom stereocenters. The lowest BCUT2D eigenvalue weighted by atomic mass is 9.92. The Balaban J connectivity index is 2.48. The second kappa shape index (κ2) is 8.67. The van der Waals surface area contributed by atoms with Gasteiger partial charge in [-0.2, -0.15) is 0 Å². The van der Waals surface area contributed by atoms with Gasteiger partial charge in [0, 0.05) is 12.5 Å². The van der Waals surface area contributed by atoms with Crippen molar-refractivity contribution < 1.29 is 25.2 Å². The third kappa shape index (κ3) is 3.81. The first-order valence-corrected chi connectivity index (χ1v) is 9.78. The van der Waals surface area contributed by atoms with Crippen LogP contribution in [-0.2, 0) is 11.2 Å². The molecule has 0 spiro atoms. The first-order chi connectivity index (χ1) is 15.3. The standard InChI is InChI=1S/C23H26N2O6/c1-11-13-8-9-17(25-12(2)26)16-10-18(27)15(23(24)28)7-6-14(16)19(13)21(30-4)22(31-5)20(11)29-3/h6-7,10,17H,8-9H2,1-5H3,(H2,24,28)(H,25,26)/i/hD. The third-order valence-electron chi connectivity index (χ3n) is 5.58. The molecule has 3 N–H and O–H groups in total. The van der Waals surface area contributed by atoms with Gasteiger partial charge in [-0.25, -0.2) is 0 Å². The van der Waals surface area contributed by atoms with Crippen molar-refractivity contribution in [2.24, 2.45) is 5.73 Å². The van der Waals surface area contributed by atoms with Gasteiger partial charge in [0.1, 0.15) is 0 Å². The fourth-order valence-corrected chi connectivity index (χ4v) is 4.26. The number of ether oxygens (including phenoxy) is 3. The van der Waals surface area contributed by atoms with Crippen LogP contribution in [0.4, 0.5) is 0 Å². The lowest BCUT2D eigenvalue weighted by molar-refractivity contribution is -0.119. The Morgan fingerprint density at radius 3 is 2.39 bits per heavy atom. The number of nitrogens with one attached hydrogen (secondary N) is 1. The van der Waals surface area contributed by atoms with Crippen molar-refractivity contribution in [2.45, 2.75) is 32.7 Å². The van der Waals surface area contributed by atoms with Crippen LogP contribution in [0, 0.1) is 6.92 Å². The van der Waals surface area contributed by atoms with E-state index >= 15 is 0 Å². The van der Waals surface area contributed by atoms with Crippen LogP contribution < -0.4 is 30.7 Å². The Morgan fingerprint density at radius 2 is 1.81 bits per heavy atom. The Bertz CT molecular complexity index is 1150. The van der Waals surface area contributed by atoms with Crippen LogP contribution in [0.5, 0.6) is 17.2 Å². The summed E-state index contributed by atoms with van der Waals surface area (Å²) in [5, 5.41) is 2.91. The number of carbonyl (C=O) groups excluding carboxylic acids is 2. The topological polar surface area (TPSA) is 117 Å². The van der Waals surface area contributed by atoms with Crippen LogP contribution in [0.3, 0.4) is 0 Å². The number of hydrogen-bond acceptors (Lipinski definition) is 6. The van der Waals surface area contributed by atoms with Gasteiger partial charge in [0.2, 0.25) is 11.7 Å². The number of carbonyl (C=O) groups is 2. The minimum absolute atomic E-state index is 0.174. The van der Waals surface area contributed by atoms with Crippen molar-refractivity contribution in [1.29, 1.82) is 0 Å². The van der Waals surface area contributed by atoms with Gasteiger partial charge >= 0.3 is 0 Å². The molecule has 0 aromatic heterocycles. The summed E-state index contributed by atoms with van der Waals surface area (Å²) in [6, 6.07) is 3.91. The molecule has 1 aliphatic rings. The molecular formula is C23H26N2O6. The molecular weight excluding hydrogens is 400 g/mol. The number of rotatable bonds is 5. The van der Waals surface area contributed by atoms with E-state index in [0.29, 0.717) is 46.8 Å². The molecule has 0 radical (unpaired) electrons. The molecule has 164 valence electrons. The number of benzene rings is 1. The number of nitrogens with two attached hydrogens (primary N) is 1. The molecule has 0 bridgehead atoms. The van der Waals surface area contributed by atoms with Gasteiger partial charge in [0.15, 0.2) is 18.3 Å². The zero-order chi connectivity index (χ0) is 23.6. The maximum Gasteiger partial charge on any atom is 0.252 e. The Hall–Kier alpha value is -3.55. The minimum atomic E-state index is -0.813. The van der Waals surface area contributed by atoms with E-state index < -0.39 is 17.4 Å². The first kappa shape index (κ1) is 20.7. The first-order valence-electron chi connectivity index (χ1n) is 10.3. The van der Waals surface area contributed by atoms with E-state index in [1.807, 2.05) is 6.92 Å². The largest absolute Gasteiger partial charge is 0.492 e. The average molecular weight is 427 g/mol. The van der Waals surface area contributed by atoms with E-state index in [2.05, 4.69) is 5.32 Å². The van der Waals surface area contributed by atoms with Gasteiger partial charge in [-0.1, -0.05) is 6.07 Å². The third-order valence-corrected chi connectivity index (χ3v) is 5.58. The highest BCUT2D eigenvalue weighted by Gasteiger charge is 2.31. The number of hydrogen-bond donors (Lipinski definition) is 2. The fourth-order valence-electron chi connectivity index (χ4n) is 4.26. The molecule has 0 saturated heterocycles. The van der Waals surface area contributed by atoms with Crippen LogP contribution >= 0.6 is 0 Å². The second-order valence-corrected chi connectivity index (χ2v) is 7.32. The van der Waals surface area contributed by atoms with E-state index in [4.69, 9.17) is 15.6 Å². The summed E-state index contributed by atoms with van der Waals surface area (Å²) in [4.78, 5) is 36.9. The van der Waals surface area contributed by atoms with Crippen molar-refractivity contribution in [3.05, 3.63) is 50.7 Å². The number of fused-ring (bicyclic) bond motifs is 3. The van der Waals surface area contributed by atoms with Crippen molar-refractivity contribution in [3.8, 4) is 28.4 Å². The summed E-state index contributed by atoms with van der Waals surface area (Å²) in [5.41, 5.74) is 4.69. The predicted molar refractivity (Wildman–Crippen MR) is 116 cm³/mol. The molecule has 1 aliphatic carbocycles. The summed E-state index contributed by atoms with van der Waals surface area (Å²) >= 11 is 0. The minimum Gasteiger partial charge on any atom is -0.492 e. The predicted octanol–water partition coefficient (Wildman–Crippen LogP) is 2.27. The van der Waals surface area contributed by atoms with Gasteiger partial charge in [0.25, 0.3) is 5.91 Å². The number of primary amides is 1. The van der Waals surface area contributed by atoms with Gasteiger partial charge in [0.05, 0.1) is 32.9 Å². The zero-order valence-corrected chi connectivity index (χ0v) is 18.2. The average Bonchev–Trinajstić information content (AvgIpc) is 3.02. The van der Waals surface area contributed by atoms with Gasteiger partial charge in [-0.15, -0.1) is 0 Å². The lowest BCUT2D eigenvalue weighted by Crippen LogP contribution is -2.27. The van der Waals surface area contributed by atoms with E-state index in [1.165, 1.54) is 33.3 Å². The number of methoxy groups -OCH3 is 3. The zero-order valence-electron chi connectivity index (χ0n) is 19.2. The molecule has 8 heteroatoms. The molecule has 1 atom stereocenters. The smallest absolute Gasteiger partial charge is 0.252 e. The highest BCUT2D eigenvalue weighted by molar-refractivity contribution is 5.93. The van der Waals surface area contributed by atoms with Gasteiger partial charge in [-0.3, -0.25) is 14.4 Å². The van der Waals surface area contributed by atoms with E-state index in [-0.39, 0.29) is 11.5 Å². The molecule has 2 amide bonds. The van der Waals surface area contributed by atoms with E-state index in [9.17, 15) is 14.4 Å². The molecule has 2 aromatic rings. The molecule has 2 aromatic carbocycles. The van der Waals surface area contributed by atoms with Crippen molar-refractivity contribution >= 4 is 11.8 Å². The molecule has 0 fully saturated rings. The van der Waals surface area contributed by atoms with Crippen LogP contribution in [0.15, 0.2) is 23.0 Å². The van der Waals surface area contributed by atoms with Crippen molar-refractivity contribution in [3.63, 3.8) is 0 Å². The second-order valence-electron chi connectivity index (χ2n) is 7.32. The van der Waals surface area contributed by atoms with Gasteiger partial charge in [-0.05, 0) is 54.2 Å². The summed E-state index contributed by atoms with van der Waals surface area (Å²) in [5.74, 6) is 0.329. The molecule has 0 aliphatic heterocycles. The van der Waals surface area contributed by atoms with E-state index in [1.54, 1.807) is 18.9 Å². The Morgan fingerprint density at radius 1 is 1.13 bits per heavy atom. The van der Waals surface area contributed by atoms with Crippen molar-refractivity contribution in [2.75, 3.05) is 21.3 Å². The number of amides is 2. The highest BCUT2D eigenvalue weighted by Crippen LogP contribution is 2.52. The monoisotopic (exact) mass is 427 g/mol. The van der Waals surface area contributed by atoms with Crippen molar-refractivity contribution in [1.82, 2.24) is 5.32 Å². The van der Waals surface area contributed by atoms with E-state index in [0.717, 1.165) is 11.1 Å². The van der Waals surface area contributed by atoms with Crippen LogP contribution in [0.2, 0.25) is 1.41 Å². The Labute approximate surface area is 181 Å². The Kier molecular flexibility index (Phi) is 5.79. The molecule has 8 nitrogen and oxygen atoms in total. The maximum atomic E-state index is 12.9.